The van der Waals surface area contributed by atoms with Gasteiger partial charge in [0.1, 0.15) is 13.2 Å². The first-order chi connectivity index (χ1) is 14.7. The maximum Gasteiger partial charge on any atom is 0.338 e. The van der Waals surface area contributed by atoms with Gasteiger partial charge in [0.25, 0.3) is 0 Å². The summed E-state index contributed by atoms with van der Waals surface area (Å²) >= 11 is 0. The number of ether oxygens (including phenoxy) is 4. The van der Waals surface area contributed by atoms with Crippen LogP contribution in [-0.4, -0.2) is 50.6 Å². The smallest absolute Gasteiger partial charge is 0.338 e. The fourth-order valence-electron chi connectivity index (χ4n) is 4.07. The van der Waals surface area contributed by atoms with Gasteiger partial charge < -0.3 is 18.9 Å². The standard InChI is InChI=1S/C24H34O6/c25-23(29-17-15-27-21-7-3-1-4-8-21)19-11-13-20(14-12-19)24(26)30-18-16-28-22-9-5-2-6-10-22/h11-14,21-22H,1-10,15-18H2. The van der Waals surface area contributed by atoms with Crippen LogP contribution in [0.5, 0.6) is 0 Å². The van der Waals surface area contributed by atoms with E-state index in [0.29, 0.717) is 36.5 Å². The van der Waals surface area contributed by atoms with Crippen molar-refractivity contribution in [3.63, 3.8) is 0 Å². The lowest BCUT2D eigenvalue weighted by atomic mass is 9.98. The second-order valence-corrected chi connectivity index (χ2v) is 8.11. The maximum absolute atomic E-state index is 12.1. The van der Waals surface area contributed by atoms with Gasteiger partial charge in [-0.2, -0.15) is 0 Å². The Morgan fingerprint density at radius 2 is 0.967 bits per heavy atom. The van der Waals surface area contributed by atoms with E-state index < -0.39 is 11.9 Å². The first-order valence-electron chi connectivity index (χ1n) is 11.4. The number of esters is 2. The Morgan fingerprint density at radius 1 is 0.600 bits per heavy atom. The molecular weight excluding hydrogens is 384 g/mol. The Morgan fingerprint density at radius 3 is 1.33 bits per heavy atom. The molecule has 0 bridgehead atoms. The number of rotatable bonds is 10. The van der Waals surface area contributed by atoms with Crippen molar-refractivity contribution in [2.45, 2.75) is 76.4 Å². The minimum absolute atomic E-state index is 0.236. The molecule has 0 amide bonds. The van der Waals surface area contributed by atoms with Crippen LogP contribution in [0, 0.1) is 0 Å². The zero-order valence-electron chi connectivity index (χ0n) is 17.8. The first-order valence-corrected chi connectivity index (χ1v) is 11.4. The van der Waals surface area contributed by atoms with E-state index in [1.54, 1.807) is 24.3 Å². The quantitative estimate of drug-likeness (QED) is 0.405. The Kier molecular flexibility index (Phi) is 9.64. The van der Waals surface area contributed by atoms with Crippen LogP contribution in [0.2, 0.25) is 0 Å². The van der Waals surface area contributed by atoms with Crippen LogP contribution in [0.25, 0.3) is 0 Å². The Bertz CT molecular complexity index is 587. The average Bonchev–Trinajstić information content (AvgIpc) is 2.81. The predicted octanol–water partition coefficient (Wildman–Crippen LogP) is 4.70. The minimum Gasteiger partial charge on any atom is -0.460 e. The molecule has 166 valence electrons. The molecule has 0 N–H and O–H groups in total. The van der Waals surface area contributed by atoms with Gasteiger partial charge >= 0.3 is 11.9 Å². The molecule has 2 saturated carbocycles. The van der Waals surface area contributed by atoms with E-state index in [1.807, 2.05) is 0 Å². The molecule has 0 atom stereocenters. The van der Waals surface area contributed by atoms with Crippen molar-refractivity contribution in [1.29, 1.82) is 0 Å². The van der Waals surface area contributed by atoms with Gasteiger partial charge in [0, 0.05) is 0 Å². The summed E-state index contributed by atoms with van der Waals surface area (Å²) < 4.78 is 22.0. The summed E-state index contributed by atoms with van der Waals surface area (Å²) in [5.74, 6) is -0.828. The second-order valence-electron chi connectivity index (χ2n) is 8.11. The lowest BCUT2D eigenvalue weighted by Gasteiger charge is -2.21. The highest BCUT2D eigenvalue weighted by atomic mass is 16.6. The predicted molar refractivity (Wildman–Crippen MR) is 113 cm³/mol. The first kappa shape index (κ1) is 22.8. The van der Waals surface area contributed by atoms with Crippen LogP contribution < -0.4 is 0 Å². The van der Waals surface area contributed by atoms with Crippen LogP contribution in [0.3, 0.4) is 0 Å². The normalized spacial score (nSPS) is 18.1. The van der Waals surface area contributed by atoms with Gasteiger partial charge in [-0.15, -0.1) is 0 Å². The average molecular weight is 419 g/mol. The summed E-state index contributed by atoms with van der Waals surface area (Å²) in [5, 5.41) is 0. The molecule has 0 aliphatic heterocycles. The molecule has 0 aromatic heterocycles. The van der Waals surface area contributed by atoms with Crippen LogP contribution in [-0.2, 0) is 18.9 Å². The Labute approximate surface area is 179 Å². The summed E-state index contributed by atoms with van der Waals surface area (Å²) in [6.45, 7) is 1.31. The molecule has 2 aliphatic carbocycles. The number of benzene rings is 1. The minimum atomic E-state index is -0.414. The maximum atomic E-state index is 12.1. The van der Waals surface area contributed by atoms with Gasteiger partial charge in [0.15, 0.2) is 0 Å². The lowest BCUT2D eigenvalue weighted by Crippen LogP contribution is -2.20. The van der Waals surface area contributed by atoms with Crippen molar-refractivity contribution in [3.05, 3.63) is 35.4 Å². The summed E-state index contributed by atoms with van der Waals surface area (Å²) in [4.78, 5) is 24.3. The van der Waals surface area contributed by atoms with E-state index in [-0.39, 0.29) is 13.2 Å². The summed E-state index contributed by atoms with van der Waals surface area (Å²) in [7, 11) is 0. The highest BCUT2D eigenvalue weighted by Gasteiger charge is 2.16. The van der Waals surface area contributed by atoms with Crippen molar-refractivity contribution < 1.29 is 28.5 Å². The number of carbonyl (C=O) groups is 2. The van der Waals surface area contributed by atoms with E-state index in [9.17, 15) is 9.59 Å². The zero-order valence-corrected chi connectivity index (χ0v) is 17.8. The third-order valence-corrected chi connectivity index (χ3v) is 5.80. The third-order valence-electron chi connectivity index (χ3n) is 5.80. The van der Waals surface area contributed by atoms with Crippen LogP contribution in [0.15, 0.2) is 24.3 Å². The SMILES string of the molecule is O=C(OCCOC1CCCCC1)c1ccc(C(=O)OCCOC2CCCCC2)cc1. The highest BCUT2D eigenvalue weighted by Crippen LogP contribution is 2.21. The molecule has 0 saturated heterocycles. The second kappa shape index (κ2) is 12.7. The van der Waals surface area contributed by atoms with E-state index in [1.165, 1.54) is 38.5 Å². The van der Waals surface area contributed by atoms with Crippen molar-refractivity contribution in [2.24, 2.45) is 0 Å². The number of hydrogen-bond acceptors (Lipinski definition) is 6. The van der Waals surface area contributed by atoms with Crippen LogP contribution >= 0.6 is 0 Å². The molecule has 0 radical (unpaired) electrons. The van der Waals surface area contributed by atoms with Crippen molar-refractivity contribution >= 4 is 11.9 Å². The van der Waals surface area contributed by atoms with Crippen molar-refractivity contribution in [3.8, 4) is 0 Å². The highest BCUT2D eigenvalue weighted by molar-refractivity contribution is 5.93. The molecule has 2 aliphatic rings. The van der Waals surface area contributed by atoms with Gasteiger partial charge in [0.2, 0.25) is 0 Å². The van der Waals surface area contributed by atoms with E-state index in [2.05, 4.69) is 0 Å². The van der Waals surface area contributed by atoms with Gasteiger partial charge in [-0.1, -0.05) is 38.5 Å². The van der Waals surface area contributed by atoms with E-state index >= 15 is 0 Å². The van der Waals surface area contributed by atoms with Gasteiger partial charge in [-0.05, 0) is 49.9 Å². The fourth-order valence-corrected chi connectivity index (χ4v) is 4.07. The van der Waals surface area contributed by atoms with Crippen LogP contribution in [0.1, 0.15) is 84.9 Å². The summed E-state index contributed by atoms with van der Waals surface area (Å²) in [6.07, 6.45) is 12.4. The third kappa shape index (κ3) is 7.73. The summed E-state index contributed by atoms with van der Waals surface area (Å²) in [5.41, 5.74) is 0.815. The molecule has 6 heteroatoms. The van der Waals surface area contributed by atoms with Crippen molar-refractivity contribution in [2.75, 3.05) is 26.4 Å². The van der Waals surface area contributed by atoms with Gasteiger partial charge in [0.05, 0.1) is 36.5 Å². The molecule has 3 rings (SSSR count). The largest absolute Gasteiger partial charge is 0.460 e. The van der Waals surface area contributed by atoms with Crippen molar-refractivity contribution in [1.82, 2.24) is 0 Å². The molecule has 1 aromatic rings. The topological polar surface area (TPSA) is 71.1 Å². The van der Waals surface area contributed by atoms with Gasteiger partial charge in [-0.25, -0.2) is 9.59 Å². The number of hydrogen-bond donors (Lipinski definition) is 0. The summed E-state index contributed by atoms with van der Waals surface area (Å²) in [6, 6.07) is 6.33. The van der Waals surface area contributed by atoms with E-state index in [0.717, 1.165) is 25.7 Å². The molecule has 0 spiro atoms. The molecule has 0 unspecified atom stereocenters. The zero-order chi connectivity index (χ0) is 21.0. The Hall–Kier alpha value is -1.92. The van der Waals surface area contributed by atoms with E-state index in [4.69, 9.17) is 18.9 Å². The molecule has 2 fully saturated rings. The number of carbonyl (C=O) groups excluding carboxylic acids is 2. The van der Waals surface area contributed by atoms with Crippen LogP contribution in [0.4, 0.5) is 0 Å². The fraction of sp³-hybridized carbons (Fsp3) is 0.667. The lowest BCUT2D eigenvalue weighted by molar-refractivity contribution is -0.00529. The van der Waals surface area contributed by atoms with Gasteiger partial charge in [-0.3, -0.25) is 0 Å². The molecule has 30 heavy (non-hydrogen) atoms. The molecule has 1 aromatic carbocycles. The monoisotopic (exact) mass is 418 g/mol. The molecule has 0 heterocycles. The molecular formula is C24H34O6. The molecule has 6 nitrogen and oxygen atoms in total. The Balaban J connectivity index is 1.30.